The van der Waals surface area contributed by atoms with Gasteiger partial charge in [-0.1, -0.05) is 17.7 Å². The molecule has 0 aliphatic carbocycles. The average molecular weight is 282 g/mol. The summed E-state index contributed by atoms with van der Waals surface area (Å²) >= 11 is 6.04. The van der Waals surface area contributed by atoms with Gasteiger partial charge in [-0.3, -0.25) is 0 Å². The molecule has 1 saturated heterocycles. The number of likely N-dealkylation sites (tertiary alicyclic amines) is 1. The molecule has 0 atom stereocenters. The Labute approximate surface area is 121 Å². The van der Waals surface area contributed by atoms with Crippen LogP contribution < -0.4 is 11.1 Å². The van der Waals surface area contributed by atoms with Crippen molar-refractivity contribution in [3.05, 3.63) is 29.3 Å². The largest absolute Gasteiger partial charge is 0.378 e. The Morgan fingerprint density at radius 2 is 2.05 bits per heavy atom. The van der Waals surface area contributed by atoms with Crippen LogP contribution in [-0.4, -0.2) is 36.1 Å². The lowest BCUT2D eigenvalue weighted by molar-refractivity contribution is 0.144. The van der Waals surface area contributed by atoms with Crippen LogP contribution in [0.15, 0.2) is 24.3 Å². The fraction of sp³-hybridized carbons (Fsp3) is 0.600. The van der Waals surface area contributed by atoms with E-state index < -0.39 is 0 Å². The molecule has 1 aliphatic rings. The van der Waals surface area contributed by atoms with E-state index in [0.717, 1.165) is 36.6 Å². The van der Waals surface area contributed by atoms with E-state index >= 15 is 0 Å². The average Bonchev–Trinajstić information content (AvgIpc) is 2.39. The van der Waals surface area contributed by atoms with E-state index in [1.807, 2.05) is 18.2 Å². The van der Waals surface area contributed by atoms with Crippen molar-refractivity contribution in [1.29, 1.82) is 0 Å². The monoisotopic (exact) mass is 281 g/mol. The standard InChI is InChI=1S/C15H24ClN3/c1-12(2)19-8-6-15(11-17,7-9-19)18-14-5-3-4-13(16)10-14/h3-5,10,12,18H,6-9,11,17H2,1-2H3. The van der Waals surface area contributed by atoms with Crippen LogP contribution in [0.25, 0.3) is 0 Å². The van der Waals surface area contributed by atoms with Gasteiger partial charge >= 0.3 is 0 Å². The molecule has 106 valence electrons. The highest BCUT2D eigenvalue weighted by atomic mass is 35.5. The van der Waals surface area contributed by atoms with Crippen molar-refractivity contribution in [1.82, 2.24) is 4.90 Å². The number of piperidine rings is 1. The lowest BCUT2D eigenvalue weighted by Crippen LogP contribution is -2.54. The number of nitrogens with one attached hydrogen (secondary N) is 1. The van der Waals surface area contributed by atoms with Crippen molar-refractivity contribution in [3.8, 4) is 0 Å². The van der Waals surface area contributed by atoms with Gasteiger partial charge in [0.05, 0.1) is 5.54 Å². The minimum Gasteiger partial charge on any atom is -0.378 e. The Morgan fingerprint density at radius 1 is 1.37 bits per heavy atom. The summed E-state index contributed by atoms with van der Waals surface area (Å²) in [6.45, 7) is 7.36. The number of anilines is 1. The molecule has 0 bridgehead atoms. The SMILES string of the molecule is CC(C)N1CCC(CN)(Nc2cccc(Cl)c2)CC1. The van der Waals surface area contributed by atoms with Crippen LogP contribution in [-0.2, 0) is 0 Å². The third-order valence-corrected chi connectivity index (χ3v) is 4.35. The first-order valence-electron chi connectivity index (χ1n) is 7.02. The van der Waals surface area contributed by atoms with Gasteiger partial charge in [-0.25, -0.2) is 0 Å². The van der Waals surface area contributed by atoms with E-state index in [4.69, 9.17) is 17.3 Å². The summed E-state index contributed by atoms with van der Waals surface area (Å²) in [4.78, 5) is 2.51. The Kier molecular flexibility index (Phi) is 4.71. The molecule has 3 N–H and O–H groups in total. The summed E-state index contributed by atoms with van der Waals surface area (Å²) in [6.07, 6.45) is 2.16. The number of benzene rings is 1. The number of rotatable bonds is 4. The van der Waals surface area contributed by atoms with Gasteiger partial charge in [0.2, 0.25) is 0 Å². The van der Waals surface area contributed by atoms with Crippen molar-refractivity contribution in [2.45, 2.75) is 38.3 Å². The third kappa shape index (κ3) is 3.62. The molecule has 1 heterocycles. The van der Waals surface area contributed by atoms with Gasteiger partial charge in [-0.15, -0.1) is 0 Å². The van der Waals surface area contributed by atoms with Gasteiger partial charge < -0.3 is 16.0 Å². The molecule has 1 aliphatic heterocycles. The molecule has 0 unspecified atom stereocenters. The number of hydrogen-bond acceptors (Lipinski definition) is 3. The first-order valence-corrected chi connectivity index (χ1v) is 7.40. The molecular formula is C15H24ClN3. The topological polar surface area (TPSA) is 41.3 Å². The molecule has 1 aromatic carbocycles. The summed E-state index contributed by atoms with van der Waals surface area (Å²) in [5.41, 5.74) is 7.11. The Hall–Kier alpha value is -0.770. The van der Waals surface area contributed by atoms with E-state index in [-0.39, 0.29) is 5.54 Å². The van der Waals surface area contributed by atoms with E-state index in [2.05, 4.69) is 30.1 Å². The first kappa shape index (κ1) is 14.6. The van der Waals surface area contributed by atoms with Gasteiger partial charge in [0.15, 0.2) is 0 Å². The summed E-state index contributed by atoms with van der Waals surface area (Å²) in [5.74, 6) is 0. The number of halogens is 1. The lowest BCUT2D eigenvalue weighted by Gasteiger charge is -2.43. The van der Waals surface area contributed by atoms with Crippen molar-refractivity contribution in [2.75, 3.05) is 25.0 Å². The zero-order chi connectivity index (χ0) is 13.9. The fourth-order valence-electron chi connectivity index (χ4n) is 2.72. The molecule has 0 amide bonds. The zero-order valence-electron chi connectivity index (χ0n) is 11.8. The second-order valence-corrected chi connectivity index (χ2v) is 6.19. The predicted octanol–water partition coefficient (Wildman–Crippen LogP) is 2.95. The summed E-state index contributed by atoms with van der Waals surface area (Å²) in [6, 6.07) is 8.50. The van der Waals surface area contributed by atoms with Gasteiger partial charge in [0.1, 0.15) is 0 Å². The second-order valence-electron chi connectivity index (χ2n) is 5.75. The highest BCUT2D eigenvalue weighted by Gasteiger charge is 2.33. The Balaban J connectivity index is 2.04. The smallest absolute Gasteiger partial charge is 0.0520 e. The molecule has 0 aromatic heterocycles. The Bertz CT molecular complexity index is 412. The maximum atomic E-state index is 6.04. The molecule has 3 nitrogen and oxygen atoms in total. The van der Waals surface area contributed by atoms with Crippen molar-refractivity contribution >= 4 is 17.3 Å². The maximum absolute atomic E-state index is 6.04. The van der Waals surface area contributed by atoms with Crippen LogP contribution >= 0.6 is 11.6 Å². The van der Waals surface area contributed by atoms with Crippen molar-refractivity contribution in [2.24, 2.45) is 5.73 Å². The first-order chi connectivity index (χ1) is 9.04. The molecule has 4 heteroatoms. The van der Waals surface area contributed by atoms with Crippen molar-refractivity contribution < 1.29 is 0 Å². The quantitative estimate of drug-likeness (QED) is 0.892. The molecule has 1 aromatic rings. The number of nitrogens with zero attached hydrogens (tertiary/aromatic N) is 1. The molecule has 0 saturated carbocycles. The summed E-state index contributed by atoms with van der Waals surface area (Å²) in [5, 5.41) is 4.37. The normalized spacial score (nSPS) is 19.6. The molecule has 0 radical (unpaired) electrons. The molecular weight excluding hydrogens is 258 g/mol. The second kappa shape index (κ2) is 6.12. The van der Waals surface area contributed by atoms with E-state index in [1.54, 1.807) is 0 Å². The number of nitrogens with two attached hydrogens (primary N) is 1. The third-order valence-electron chi connectivity index (χ3n) is 4.11. The fourth-order valence-corrected chi connectivity index (χ4v) is 2.91. The van der Waals surface area contributed by atoms with Crippen molar-refractivity contribution in [3.63, 3.8) is 0 Å². The summed E-state index contributed by atoms with van der Waals surface area (Å²) in [7, 11) is 0. The highest BCUT2D eigenvalue weighted by Crippen LogP contribution is 2.28. The minimum atomic E-state index is 0.00999. The van der Waals surface area contributed by atoms with Crippen LogP contribution in [0.5, 0.6) is 0 Å². The molecule has 1 fully saturated rings. The van der Waals surface area contributed by atoms with Gasteiger partial charge in [-0.05, 0) is 44.9 Å². The predicted molar refractivity (Wildman–Crippen MR) is 82.8 cm³/mol. The van der Waals surface area contributed by atoms with Crippen LogP contribution in [0.2, 0.25) is 5.02 Å². The van der Waals surface area contributed by atoms with E-state index in [1.165, 1.54) is 0 Å². The zero-order valence-corrected chi connectivity index (χ0v) is 12.6. The van der Waals surface area contributed by atoms with Gasteiger partial charge in [0, 0.05) is 36.4 Å². The van der Waals surface area contributed by atoms with Crippen LogP contribution in [0, 0.1) is 0 Å². The van der Waals surface area contributed by atoms with E-state index in [9.17, 15) is 0 Å². The minimum absolute atomic E-state index is 0.00999. The lowest BCUT2D eigenvalue weighted by atomic mass is 9.86. The highest BCUT2D eigenvalue weighted by molar-refractivity contribution is 6.30. The Morgan fingerprint density at radius 3 is 2.58 bits per heavy atom. The summed E-state index contributed by atoms with van der Waals surface area (Å²) < 4.78 is 0. The maximum Gasteiger partial charge on any atom is 0.0520 e. The molecule has 0 spiro atoms. The van der Waals surface area contributed by atoms with Crippen LogP contribution in [0.1, 0.15) is 26.7 Å². The van der Waals surface area contributed by atoms with E-state index in [0.29, 0.717) is 12.6 Å². The molecule has 19 heavy (non-hydrogen) atoms. The van der Waals surface area contributed by atoms with Crippen LogP contribution in [0.3, 0.4) is 0 Å². The molecule has 2 rings (SSSR count). The van der Waals surface area contributed by atoms with Crippen LogP contribution in [0.4, 0.5) is 5.69 Å². The van der Waals surface area contributed by atoms with Gasteiger partial charge in [-0.2, -0.15) is 0 Å². The van der Waals surface area contributed by atoms with Gasteiger partial charge in [0.25, 0.3) is 0 Å². The number of hydrogen-bond donors (Lipinski definition) is 2.